The van der Waals surface area contributed by atoms with Gasteiger partial charge in [0.15, 0.2) is 0 Å². The maximum absolute atomic E-state index is 10.3. The van der Waals surface area contributed by atoms with Gasteiger partial charge in [0.1, 0.15) is 0 Å². The minimum Gasteiger partial charge on any atom is -1.00 e. The van der Waals surface area contributed by atoms with Gasteiger partial charge in [-0.1, -0.05) is 11.6 Å². The van der Waals surface area contributed by atoms with Crippen LogP contribution in [-0.2, 0) is 0 Å². The minimum atomic E-state index is -0.934. The standard InChI is InChI=1S/C7H5ClO2.Cs.FH/c8-6-3-1-5(2-4-6)7(9)10;;/h1-4H,(H,9,10);;1H/q;+1;/p-1. The van der Waals surface area contributed by atoms with Crippen LogP contribution in [0, 0.1) is 0 Å². The fourth-order valence-electron chi connectivity index (χ4n) is 0.592. The van der Waals surface area contributed by atoms with Gasteiger partial charge in [-0.15, -0.1) is 0 Å². The summed E-state index contributed by atoms with van der Waals surface area (Å²) in [7, 11) is 0. The van der Waals surface area contributed by atoms with Crippen molar-refractivity contribution in [3.05, 3.63) is 34.9 Å². The van der Waals surface area contributed by atoms with Crippen LogP contribution < -0.4 is 73.6 Å². The van der Waals surface area contributed by atoms with Gasteiger partial charge in [0.25, 0.3) is 0 Å². The van der Waals surface area contributed by atoms with Crippen LogP contribution in [0.2, 0.25) is 5.02 Å². The van der Waals surface area contributed by atoms with Crippen LogP contribution >= 0.6 is 11.6 Å². The first-order chi connectivity index (χ1) is 4.70. The Morgan fingerprint density at radius 3 is 2.00 bits per heavy atom. The normalized spacial score (nSPS) is 7.75. The van der Waals surface area contributed by atoms with Gasteiger partial charge < -0.3 is 9.81 Å². The summed E-state index contributed by atoms with van der Waals surface area (Å²) in [4.78, 5) is 10.3. The van der Waals surface area contributed by atoms with E-state index >= 15 is 0 Å². The molecule has 0 aliphatic carbocycles. The summed E-state index contributed by atoms with van der Waals surface area (Å²) in [6.07, 6.45) is 0. The number of aromatic carboxylic acids is 1. The number of benzene rings is 1. The summed E-state index contributed by atoms with van der Waals surface area (Å²) in [6, 6.07) is 6.02. The SMILES string of the molecule is O=C(O)c1ccc(Cl)cc1.[Cs+].[F-]. The maximum atomic E-state index is 10.3. The Labute approximate surface area is 133 Å². The van der Waals surface area contributed by atoms with Crippen molar-refractivity contribution in [2.24, 2.45) is 0 Å². The molecule has 1 aromatic carbocycles. The van der Waals surface area contributed by atoms with Crippen LogP contribution in [-0.4, -0.2) is 11.1 Å². The first-order valence-corrected chi connectivity index (χ1v) is 3.07. The van der Waals surface area contributed by atoms with Gasteiger partial charge >= 0.3 is 74.9 Å². The quantitative estimate of drug-likeness (QED) is 0.575. The third-order valence-electron chi connectivity index (χ3n) is 1.09. The van der Waals surface area contributed by atoms with E-state index in [9.17, 15) is 4.79 Å². The van der Waals surface area contributed by atoms with Crippen molar-refractivity contribution in [1.29, 1.82) is 0 Å². The fraction of sp³-hybridized carbons (Fsp3) is 0. The number of carboxylic acids is 1. The van der Waals surface area contributed by atoms with E-state index in [1.165, 1.54) is 12.1 Å². The fourth-order valence-corrected chi connectivity index (χ4v) is 0.718. The zero-order valence-electron chi connectivity index (χ0n) is 6.42. The second-order valence-electron chi connectivity index (χ2n) is 1.81. The maximum Gasteiger partial charge on any atom is 1.00 e. The van der Waals surface area contributed by atoms with Gasteiger partial charge in [-0.25, -0.2) is 4.79 Å². The molecule has 0 atom stereocenters. The van der Waals surface area contributed by atoms with Crippen molar-refractivity contribution < 1.29 is 83.5 Å². The third-order valence-corrected chi connectivity index (χ3v) is 1.34. The average molecular weight is 308 g/mol. The van der Waals surface area contributed by atoms with Gasteiger partial charge in [0.2, 0.25) is 0 Å². The van der Waals surface area contributed by atoms with Gasteiger partial charge in [-0.05, 0) is 24.3 Å². The van der Waals surface area contributed by atoms with E-state index < -0.39 is 5.97 Å². The molecule has 60 valence electrons. The van der Waals surface area contributed by atoms with Crippen LogP contribution in [0.25, 0.3) is 0 Å². The topological polar surface area (TPSA) is 37.3 Å². The Morgan fingerprint density at radius 2 is 1.67 bits per heavy atom. The number of halogens is 2. The van der Waals surface area contributed by atoms with E-state index in [1.807, 2.05) is 0 Å². The van der Waals surface area contributed by atoms with Crippen LogP contribution in [0.4, 0.5) is 0 Å². The van der Waals surface area contributed by atoms with Crippen molar-refractivity contribution in [2.75, 3.05) is 0 Å². The first kappa shape index (κ1) is 15.4. The van der Waals surface area contributed by atoms with E-state index in [0.29, 0.717) is 5.02 Å². The number of hydrogen-bond donors (Lipinski definition) is 1. The van der Waals surface area contributed by atoms with Crippen molar-refractivity contribution in [2.45, 2.75) is 0 Å². The molecule has 1 rings (SSSR count). The Balaban J connectivity index is 0. The number of carbonyl (C=O) groups is 1. The molecule has 0 saturated heterocycles. The van der Waals surface area contributed by atoms with Crippen LogP contribution in [0.3, 0.4) is 0 Å². The molecule has 0 amide bonds. The van der Waals surface area contributed by atoms with Crippen LogP contribution in [0.5, 0.6) is 0 Å². The summed E-state index contributed by atoms with van der Waals surface area (Å²) >= 11 is 5.52. The van der Waals surface area contributed by atoms with E-state index in [4.69, 9.17) is 16.7 Å². The second kappa shape index (κ2) is 7.37. The van der Waals surface area contributed by atoms with E-state index in [1.54, 1.807) is 12.1 Å². The molecule has 5 heteroatoms. The molecule has 0 aromatic heterocycles. The smallest absolute Gasteiger partial charge is 1.00 e. The van der Waals surface area contributed by atoms with Gasteiger partial charge in [-0.2, -0.15) is 0 Å². The molecule has 0 spiro atoms. The van der Waals surface area contributed by atoms with Gasteiger partial charge in [0, 0.05) is 5.02 Å². The molecule has 0 unspecified atom stereocenters. The largest absolute Gasteiger partial charge is 1.00 e. The molecule has 0 bridgehead atoms. The molecule has 1 aromatic rings. The van der Waals surface area contributed by atoms with Crippen molar-refractivity contribution in [1.82, 2.24) is 0 Å². The predicted molar refractivity (Wildman–Crippen MR) is 38.4 cm³/mol. The van der Waals surface area contributed by atoms with Crippen molar-refractivity contribution in [3.63, 3.8) is 0 Å². The molecule has 12 heavy (non-hydrogen) atoms. The molecule has 1 N–H and O–H groups in total. The van der Waals surface area contributed by atoms with Crippen molar-refractivity contribution in [3.8, 4) is 0 Å². The molecule has 0 fully saturated rings. The van der Waals surface area contributed by atoms with Crippen LogP contribution in [0.15, 0.2) is 24.3 Å². The Hall–Kier alpha value is 0.962. The Morgan fingerprint density at radius 1 is 1.25 bits per heavy atom. The summed E-state index contributed by atoms with van der Waals surface area (Å²) in [5.74, 6) is -0.934. The van der Waals surface area contributed by atoms with Crippen molar-refractivity contribution >= 4 is 17.6 Å². The third kappa shape index (κ3) is 4.86. The van der Waals surface area contributed by atoms with E-state index in [2.05, 4.69) is 0 Å². The summed E-state index contributed by atoms with van der Waals surface area (Å²) in [5, 5.41) is 8.98. The zero-order chi connectivity index (χ0) is 7.56. The van der Waals surface area contributed by atoms with E-state index in [0.717, 1.165) is 0 Å². The minimum absolute atomic E-state index is 0. The zero-order valence-corrected chi connectivity index (χ0v) is 13.5. The molecule has 0 aliphatic heterocycles. The molecule has 0 heterocycles. The summed E-state index contributed by atoms with van der Waals surface area (Å²) in [6.45, 7) is 0. The Kier molecular flexibility index (Phi) is 9.48. The molecule has 2 nitrogen and oxygen atoms in total. The molecular weight excluding hydrogens is 303 g/mol. The average Bonchev–Trinajstić information content (AvgIpc) is 1.88. The van der Waals surface area contributed by atoms with Gasteiger partial charge in [-0.3, -0.25) is 0 Å². The number of rotatable bonds is 1. The summed E-state index contributed by atoms with van der Waals surface area (Å²) in [5.41, 5.74) is 0.254. The van der Waals surface area contributed by atoms with Gasteiger partial charge in [0.05, 0.1) is 5.56 Å². The predicted octanol–water partition coefficient (Wildman–Crippen LogP) is -3.95. The molecule has 0 saturated carbocycles. The van der Waals surface area contributed by atoms with E-state index in [-0.39, 0.29) is 79.2 Å². The molecule has 0 aliphatic rings. The summed E-state index contributed by atoms with van der Waals surface area (Å²) < 4.78 is 0. The van der Waals surface area contributed by atoms with Crippen LogP contribution in [0.1, 0.15) is 10.4 Å². The monoisotopic (exact) mass is 308 g/mol. The molecular formula is C7H5ClCsFO2. The number of carboxylic acid groups (broad SMARTS) is 1. The number of hydrogen-bond acceptors (Lipinski definition) is 1. The second-order valence-corrected chi connectivity index (χ2v) is 2.25. The first-order valence-electron chi connectivity index (χ1n) is 2.69. The Bertz CT molecular complexity index is 250. The molecule has 0 radical (unpaired) electrons.